The summed E-state index contributed by atoms with van der Waals surface area (Å²) in [7, 11) is 0. The highest BCUT2D eigenvalue weighted by atomic mass is 35.5. The quantitative estimate of drug-likeness (QED) is 0.764. The van der Waals surface area contributed by atoms with Gasteiger partial charge >= 0.3 is 0 Å². The van der Waals surface area contributed by atoms with Crippen LogP contribution in [0.4, 0.5) is 0 Å². The van der Waals surface area contributed by atoms with Crippen molar-refractivity contribution in [2.75, 3.05) is 6.54 Å². The van der Waals surface area contributed by atoms with Crippen LogP contribution in [0.25, 0.3) is 0 Å². The molecule has 1 atom stereocenters. The predicted molar refractivity (Wildman–Crippen MR) is 53.4 cm³/mol. The summed E-state index contributed by atoms with van der Waals surface area (Å²) in [5.41, 5.74) is 0.283. The number of carbonyl (C=O) groups is 1. The number of rotatable bonds is 5. The molecule has 1 N–H and O–H groups in total. The summed E-state index contributed by atoms with van der Waals surface area (Å²) < 4.78 is 4.55. The van der Waals surface area contributed by atoms with Crippen molar-refractivity contribution >= 4 is 17.5 Å². The molecule has 78 valence electrons. The van der Waals surface area contributed by atoms with E-state index in [2.05, 4.69) is 21.9 Å². The minimum atomic E-state index is -0.250. The van der Waals surface area contributed by atoms with Crippen LogP contribution in [0, 0.1) is 0 Å². The van der Waals surface area contributed by atoms with E-state index in [1.54, 1.807) is 0 Å². The largest absolute Gasteiger partial charge is 0.364 e. The molecule has 0 saturated carbocycles. The Morgan fingerprint density at radius 3 is 3.14 bits per heavy atom. The van der Waals surface area contributed by atoms with Crippen molar-refractivity contribution in [3.63, 3.8) is 0 Å². The van der Waals surface area contributed by atoms with E-state index < -0.39 is 0 Å². The second-order valence-electron chi connectivity index (χ2n) is 2.98. The molecule has 1 unspecified atom stereocenters. The molecule has 0 spiro atoms. The number of nitrogens with zero attached hydrogens (tertiary/aromatic N) is 1. The van der Waals surface area contributed by atoms with Crippen LogP contribution in [0.15, 0.2) is 16.9 Å². The van der Waals surface area contributed by atoms with Crippen molar-refractivity contribution in [3.05, 3.63) is 18.0 Å². The summed E-state index contributed by atoms with van der Waals surface area (Å²) in [6.07, 6.45) is 3.26. The third-order valence-electron chi connectivity index (χ3n) is 1.76. The number of aromatic nitrogens is 1. The van der Waals surface area contributed by atoms with Crippen LogP contribution < -0.4 is 5.32 Å². The summed E-state index contributed by atoms with van der Waals surface area (Å²) >= 11 is 5.93. The van der Waals surface area contributed by atoms with Gasteiger partial charge in [0.15, 0.2) is 5.69 Å². The molecule has 0 aliphatic heterocycles. The van der Waals surface area contributed by atoms with Gasteiger partial charge in [0.05, 0.1) is 5.38 Å². The summed E-state index contributed by atoms with van der Waals surface area (Å²) in [6, 6.07) is 1.51. The first-order valence-electron chi connectivity index (χ1n) is 4.56. The van der Waals surface area contributed by atoms with Crippen molar-refractivity contribution in [3.8, 4) is 0 Å². The number of hydrogen-bond donors (Lipinski definition) is 1. The molecule has 0 aromatic carbocycles. The minimum Gasteiger partial charge on any atom is -0.364 e. The number of halogens is 1. The first kappa shape index (κ1) is 11.0. The van der Waals surface area contributed by atoms with Gasteiger partial charge in [0, 0.05) is 12.6 Å². The SMILES string of the molecule is CCCC(Cl)CNC(=O)c1ccon1. The monoisotopic (exact) mass is 216 g/mol. The standard InChI is InChI=1S/C9H13ClN2O2/c1-2-3-7(10)6-11-9(13)8-4-5-14-12-8/h4-5,7H,2-3,6H2,1H3,(H,11,13). The van der Waals surface area contributed by atoms with Gasteiger partial charge in [0.25, 0.3) is 5.91 Å². The fourth-order valence-corrected chi connectivity index (χ4v) is 1.33. The number of nitrogens with one attached hydrogen (secondary N) is 1. The van der Waals surface area contributed by atoms with Gasteiger partial charge in [-0.1, -0.05) is 18.5 Å². The van der Waals surface area contributed by atoms with Gasteiger partial charge in [0.2, 0.25) is 0 Å². The van der Waals surface area contributed by atoms with E-state index in [9.17, 15) is 4.79 Å². The van der Waals surface area contributed by atoms with E-state index >= 15 is 0 Å². The van der Waals surface area contributed by atoms with Crippen LogP contribution >= 0.6 is 11.6 Å². The molecule has 0 aliphatic carbocycles. The molecular weight excluding hydrogens is 204 g/mol. The summed E-state index contributed by atoms with van der Waals surface area (Å²) in [5, 5.41) is 6.17. The topological polar surface area (TPSA) is 55.1 Å². The molecule has 1 aromatic heterocycles. The average Bonchev–Trinajstić information content (AvgIpc) is 2.67. The van der Waals surface area contributed by atoms with Crippen LogP contribution in [0.3, 0.4) is 0 Å². The molecule has 0 saturated heterocycles. The molecule has 0 bridgehead atoms. The molecule has 0 radical (unpaired) electrons. The number of hydrogen-bond acceptors (Lipinski definition) is 3. The Bertz CT molecular complexity index is 274. The lowest BCUT2D eigenvalue weighted by Gasteiger charge is -2.07. The fraction of sp³-hybridized carbons (Fsp3) is 0.556. The van der Waals surface area contributed by atoms with Gasteiger partial charge in [-0.3, -0.25) is 4.79 Å². The molecule has 4 nitrogen and oxygen atoms in total. The predicted octanol–water partition coefficient (Wildman–Crippen LogP) is 1.81. The second kappa shape index (κ2) is 5.65. The van der Waals surface area contributed by atoms with Gasteiger partial charge in [-0.2, -0.15) is 0 Å². The molecule has 0 aliphatic rings. The Labute approximate surface area is 87.6 Å². The smallest absolute Gasteiger partial charge is 0.273 e. The maximum Gasteiger partial charge on any atom is 0.273 e. The summed E-state index contributed by atoms with van der Waals surface area (Å²) in [4.78, 5) is 11.3. The molecule has 1 rings (SSSR count). The molecule has 1 heterocycles. The zero-order chi connectivity index (χ0) is 10.4. The maximum atomic E-state index is 11.3. The van der Waals surface area contributed by atoms with Crippen LogP contribution in [0.1, 0.15) is 30.3 Å². The van der Waals surface area contributed by atoms with E-state index in [-0.39, 0.29) is 17.0 Å². The Balaban J connectivity index is 2.28. The van der Waals surface area contributed by atoms with Gasteiger partial charge in [-0.25, -0.2) is 0 Å². The van der Waals surface area contributed by atoms with E-state index in [0.29, 0.717) is 6.54 Å². The Hall–Kier alpha value is -1.03. The molecule has 5 heteroatoms. The molecule has 1 amide bonds. The van der Waals surface area contributed by atoms with Crippen LogP contribution in [0.2, 0.25) is 0 Å². The lowest BCUT2D eigenvalue weighted by Crippen LogP contribution is -2.29. The zero-order valence-corrected chi connectivity index (χ0v) is 8.75. The highest BCUT2D eigenvalue weighted by Crippen LogP contribution is 2.03. The van der Waals surface area contributed by atoms with E-state index in [1.807, 2.05) is 0 Å². The van der Waals surface area contributed by atoms with Crippen molar-refractivity contribution in [2.45, 2.75) is 25.1 Å². The zero-order valence-electron chi connectivity index (χ0n) is 8.00. The molecule has 0 fully saturated rings. The Morgan fingerprint density at radius 2 is 2.57 bits per heavy atom. The van der Waals surface area contributed by atoms with Crippen molar-refractivity contribution in [1.29, 1.82) is 0 Å². The first-order chi connectivity index (χ1) is 6.74. The minimum absolute atomic E-state index is 0.0177. The van der Waals surface area contributed by atoms with Crippen molar-refractivity contribution in [1.82, 2.24) is 10.5 Å². The van der Waals surface area contributed by atoms with E-state index in [1.165, 1.54) is 12.3 Å². The van der Waals surface area contributed by atoms with Gasteiger partial charge < -0.3 is 9.84 Å². The number of amides is 1. The molecule has 14 heavy (non-hydrogen) atoms. The van der Waals surface area contributed by atoms with Crippen LogP contribution in [-0.2, 0) is 0 Å². The lowest BCUT2D eigenvalue weighted by molar-refractivity contribution is 0.0944. The maximum absolute atomic E-state index is 11.3. The van der Waals surface area contributed by atoms with Crippen LogP contribution in [0.5, 0.6) is 0 Å². The van der Waals surface area contributed by atoms with Crippen molar-refractivity contribution < 1.29 is 9.32 Å². The van der Waals surface area contributed by atoms with Gasteiger partial charge in [-0.05, 0) is 6.42 Å². The third kappa shape index (κ3) is 3.38. The summed E-state index contributed by atoms with van der Waals surface area (Å²) in [6.45, 7) is 2.51. The Morgan fingerprint density at radius 1 is 1.79 bits per heavy atom. The normalized spacial score (nSPS) is 12.4. The van der Waals surface area contributed by atoms with Gasteiger partial charge in [-0.15, -0.1) is 11.6 Å². The highest BCUT2D eigenvalue weighted by molar-refractivity contribution is 6.20. The first-order valence-corrected chi connectivity index (χ1v) is 5.00. The van der Waals surface area contributed by atoms with Crippen LogP contribution in [-0.4, -0.2) is 23.0 Å². The fourth-order valence-electron chi connectivity index (χ4n) is 1.04. The average molecular weight is 217 g/mol. The van der Waals surface area contributed by atoms with Crippen molar-refractivity contribution in [2.24, 2.45) is 0 Å². The highest BCUT2D eigenvalue weighted by Gasteiger charge is 2.10. The third-order valence-corrected chi connectivity index (χ3v) is 2.13. The number of alkyl halides is 1. The lowest BCUT2D eigenvalue weighted by atomic mass is 10.2. The molecule has 1 aromatic rings. The number of carbonyl (C=O) groups excluding carboxylic acids is 1. The van der Waals surface area contributed by atoms with Gasteiger partial charge in [0.1, 0.15) is 6.26 Å². The second-order valence-corrected chi connectivity index (χ2v) is 3.60. The summed E-state index contributed by atoms with van der Waals surface area (Å²) in [5.74, 6) is -0.250. The Kier molecular flexibility index (Phi) is 4.46. The molecular formula is C9H13ClN2O2. The van der Waals surface area contributed by atoms with E-state index in [4.69, 9.17) is 11.6 Å². The van der Waals surface area contributed by atoms with E-state index in [0.717, 1.165) is 12.8 Å².